The number of aromatic nitrogens is 1. The Bertz CT molecular complexity index is 719. The smallest absolute Gasteiger partial charge is 0.131 e. The zero-order valence-corrected chi connectivity index (χ0v) is 14.0. The van der Waals surface area contributed by atoms with Gasteiger partial charge in [-0.05, 0) is 24.4 Å². The fourth-order valence-corrected chi connectivity index (χ4v) is 4.04. The van der Waals surface area contributed by atoms with Crippen molar-refractivity contribution in [2.75, 3.05) is 5.32 Å². The molecular formula is C14H13ClN2S3. The molecule has 0 spiro atoms. The topological polar surface area (TPSA) is 24.9 Å². The Morgan fingerprint density at radius 3 is 3.00 bits per heavy atom. The highest BCUT2D eigenvalue weighted by molar-refractivity contribution is 7.80. The van der Waals surface area contributed by atoms with Gasteiger partial charge in [0.15, 0.2) is 0 Å². The van der Waals surface area contributed by atoms with Crippen LogP contribution in [0.3, 0.4) is 0 Å². The van der Waals surface area contributed by atoms with Crippen LogP contribution in [0.25, 0.3) is 10.2 Å². The molecule has 1 N–H and O–H groups in total. The highest BCUT2D eigenvalue weighted by atomic mass is 35.5. The number of hydrogen-bond donors (Lipinski definition) is 2. The van der Waals surface area contributed by atoms with Crippen LogP contribution in [0.1, 0.15) is 21.9 Å². The Morgan fingerprint density at radius 1 is 1.45 bits per heavy atom. The van der Waals surface area contributed by atoms with Crippen LogP contribution in [0.2, 0.25) is 5.15 Å². The molecule has 0 aliphatic carbocycles. The molecule has 0 aliphatic rings. The molecular weight excluding hydrogens is 328 g/mol. The lowest BCUT2D eigenvalue weighted by Crippen LogP contribution is -1.97. The van der Waals surface area contributed by atoms with Crippen molar-refractivity contribution in [2.45, 2.75) is 18.7 Å². The lowest BCUT2D eigenvalue weighted by molar-refractivity contribution is 1.15. The Balaban J connectivity index is 1.96. The lowest BCUT2D eigenvalue weighted by atomic mass is 10.3. The summed E-state index contributed by atoms with van der Waals surface area (Å²) in [7, 11) is 0. The zero-order chi connectivity index (χ0) is 14.1. The number of nitrogens with one attached hydrogen (secondary N) is 1. The molecule has 1 unspecified atom stereocenters. The van der Waals surface area contributed by atoms with Crippen molar-refractivity contribution in [1.29, 1.82) is 0 Å². The zero-order valence-electron chi connectivity index (χ0n) is 10.8. The molecule has 0 saturated carbocycles. The van der Waals surface area contributed by atoms with Gasteiger partial charge in [-0.15, -0.1) is 22.7 Å². The molecule has 6 heteroatoms. The first-order chi connectivity index (χ1) is 9.63. The first kappa shape index (κ1) is 14.2. The number of thiophene rings is 2. The molecule has 1 atom stereocenters. The van der Waals surface area contributed by atoms with Crippen molar-refractivity contribution < 1.29 is 0 Å². The molecule has 0 aliphatic heterocycles. The Hall–Kier alpha value is -0.750. The van der Waals surface area contributed by atoms with Gasteiger partial charge in [0, 0.05) is 27.6 Å². The Labute approximate surface area is 136 Å². The lowest BCUT2D eigenvalue weighted by Gasteiger charge is -2.06. The van der Waals surface area contributed by atoms with Gasteiger partial charge in [0.2, 0.25) is 0 Å². The predicted molar refractivity (Wildman–Crippen MR) is 93.7 cm³/mol. The van der Waals surface area contributed by atoms with Gasteiger partial charge >= 0.3 is 0 Å². The van der Waals surface area contributed by atoms with Crippen LogP contribution < -0.4 is 5.32 Å². The van der Waals surface area contributed by atoms with Crippen molar-refractivity contribution in [1.82, 2.24) is 4.98 Å². The minimum Gasteiger partial charge on any atom is -0.379 e. The van der Waals surface area contributed by atoms with E-state index in [4.69, 9.17) is 11.6 Å². The van der Waals surface area contributed by atoms with Crippen molar-refractivity contribution in [2.24, 2.45) is 0 Å². The molecule has 0 bridgehead atoms. The minimum absolute atomic E-state index is 0.207. The molecule has 0 saturated heterocycles. The first-order valence-corrected chi connectivity index (χ1v) is 8.77. The van der Waals surface area contributed by atoms with Crippen LogP contribution in [0.4, 0.5) is 5.69 Å². The second kappa shape index (κ2) is 5.93. The normalized spacial score (nSPS) is 12.8. The van der Waals surface area contributed by atoms with Crippen molar-refractivity contribution in [3.05, 3.63) is 44.6 Å². The molecule has 0 radical (unpaired) electrons. The number of pyridine rings is 1. The minimum atomic E-state index is 0.207. The monoisotopic (exact) mass is 340 g/mol. The molecule has 0 fully saturated rings. The maximum absolute atomic E-state index is 6.11. The Kier molecular flexibility index (Phi) is 4.21. The number of anilines is 1. The summed E-state index contributed by atoms with van der Waals surface area (Å²) in [5.41, 5.74) is 1.98. The van der Waals surface area contributed by atoms with E-state index in [1.807, 2.05) is 6.07 Å². The van der Waals surface area contributed by atoms with Crippen LogP contribution in [-0.2, 0) is 6.54 Å². The van der Waals surface area contributed by atoms with E-state index in [0.29, 0.717) is 5.15 Å². The summed E-state index contributed by atoms with van der Waals surface area (Å²) in [5, 5.41) is 6.26. The van der Waals surface area contributed by atoms with Crippen LogP contribution in [-0.4, -0.2) is 4.98 Å². The molecule has 3 aromatic heterocycles. The second-order valence-electron chi connectivity index (χ2n) is 4.46. The number of rotatable bonds is 4. The van der Waals surface area contributed by atoms with E-state index in [1.165, 1.54) is 9.75 Å². The second-order valence-corrected chi connectivity index (χ2v) is 7.74. The largest absolute Gasteiger partial charge is 0.379 e. The van der Waals surface area contributed by atoms with Crippen molar-refractivity contribution in [3.63, 3.8) is 0 Å². The van der Waals surface area contributed by atoms with Crippen LogP contribution in [0.15, 0.2) is 29.6 Å². The first-order valence-electron chi connectivity index (χ1n) is 6.18. The number of halogens is 1. The van der Waals surface area contributed by atoms with E-state index in [0.717, 1.165) is 22.4 Å². The molecule has 104 valence electrons. The maximum Gasteiger partial charge on any atom is 0.131 e. The molecule has 0 amide bonds. The highest BCUT2D eigenvalue weighted by Crippen LogP contribution is 2.37. The Morgan fingerprint density at radius 2 is 2.30 bits per heavy atom. The molecule has 3 heterocycles. The van der Waals surface area contributed by atoms with E-state index in [9.17, 15) is 0 Å². The van der Waals surface area contributed by atoms with E-state index in [1.54, 1.807) is 22.7 Å². The van der Waals surface area contributed by atoms with E-state index in [2.05, 4.69) is 53.4 Å². The highest BCUT2D eigenvalue weighted by Gasteiger charge is 2.12. The molecule has 3 rings (SSSR count). The van der Waals surface area contributed by atoms with Gasteiger partial charge in [-0.1, -0.05) is 17.7 Å². The van der Waals surface area contributed by atoms with Crippen molar-refractivity contribution >= 4 is 62.8 Å². The van der Waals surface area contributed by atoms with Crippen molar-refractivity contribution in [3.8, 4) is 0 Å². The van der Waals surface area contributed by atoms with Gasteiger partial charge in [-0.2, -0.15) is 12.6 Å². The fraction of sp³-hybridized carbons (Fsp3) is 0.214. The van der Waals surface area contributed by atoms with Gasteiger partial charge in [0.25, 0.3) is 0 Å². The SMILES string of the molecule is CC(S)c1cc2nc(Cl)cc(NCc3cccs3)c2s1. The van der Waals surface area contributed by atoms with Gasteiger partial charge in [-0.3, -0.25) is 0 Å². The molecule has 0 aromatic carbocycles. The average molecular weight is 341 g/mol. The third-order valence-corrected chi connectivity index (χ3v) is 5.77. The number of hydrogen-bond acceptors (Lipinski definition) is 5. The van der Waals surface area contributed by atoms with E-state index >= 15 is 0 Å². The fourth-order valence-electron chi connectivity index (χ4n) is 1.94. The summed E-state index contributed by atoms with van der Waals surface area (Å²) in [4.78, 5) is 6.89. The average Bonchev–Trinajstić information content (AvgIpc) is 3.04. The van der Waals surface area contributed by atoms with Gasteiger partial charge in [-0.25, -0.2) is 4.98 Å². The van der Waals surface area contributed by atoms with Gasteiger partial charge in [0.05, 0.1) is 15.9 Å². The quantitative estimate of drug-likeness (QED) is 0.476. The summed E-state index contributed by atoms with van der Waals surface area (Å²) >= 11 is 14.1. The summed E-state index contributed by atoms with van der Waals surface area (Å²) < 4.78 is 1.14. The third kappa shape index (κ3) is 2.96. The molecule has 3 aromatic rings. The van der Waals surface area contributed by atoms with E-state index < -0.39 is 0 Å². The number of nitrogens with zero attached hydrogens (tertiary/aromatic N) is 1. The summed E-state index contributed by atoms with van der Waals surface area (Å²) in [6.07, 6.45) is 0. The standard InChI is InChI=1S/C14H13ClN2S3/c1-8(18)12-5-11-14(20-12)10(6-13(15)17-11)16-7-9-3-2-4-19-9/h2-6,8,18H,7H2,1H3,(H,16,17). The van der Waals surface area contributed by atoms with Crippen LogP contribution >= 0.6 is 46.9 Å². The van der Waals surface area contributed by atoms with Gasteiger partial charge in [0.1, 0.15) is 5.15 Å². The van der Waals surface area contributed by atoms with Crippen LogP contribution in [0.5, 0.6) is 0 Å². The maximum atomic E-state index is 6.11. The van der Waals surface area contributed by atoms with E-state index in [-0.39, 0.29) is 5.25 Å². The predicted octanol–water partition coefficient (Wildman–Crippen LogP) is 5.61. The number of thiol groups is 1. The third-order valence-electron chi connectivity index (χ3n) is 2.91. The summed E-state index contributed by atoms with van der Waals surface area (Å²) in [6, 6.07) is 8.14. The number of fused-ring (bicyclic) bond motifs is 1. The molecule has 2 nitrogen and oxygen atoms in total. The van der Waals surface area contributed by atoms with Gasteiger partial charge < -0.3 is 5.32 Å². The summed E-state index contributed by atoms with van der Waals surface area (Å²) in [5.74, 6) is 0. The van der Waals surface area contributed by atoms with Crippen LogP contribution in [0, 0.1) is 0 Å². The summed E-state index contributed by atoms with van der Waals surface area (Å²) in [6.45, 7) is 2.87. The molecule has 20 heavy (non-hydrogen) atoms.